The molecule has 0 aliphatic carbocycles. The summed E-state index contributed by atoms with van der Waals surface area (Å²) in [5.74, 6) is -7.54. The van der Waals surface area contributed by atoms with Crippen LogP contribution in [0.2, 0.25) is 0 Å². The Hall–Kier alpha value is -3.36. The zero-order valence-corrected chi connectivity index (χ0v) is 23.6. The Morgan fingerprint density at radius 1 is 1.21 bits per heavy atom. The highest BCUT2D eigenvalue weighted by Crippen LogP contribution is 2.55. The average Bonchev–Trinajstić information content (AvgIpc) is 3.25. The first-order valence-corrected chi connectivity index (χ1v) is 13.4. The lowest BCUT2D eigenvalue weighted by Gasteiger charge is -2.33. The molecule has 2 aliphatic heterocycles. The number of rotatable bonds is 8. The van der Waals surface area contributed by atoms with Gasteiger partial charge in [-0.15, -0.1) is 0 Å². The molecule has 9 nitrogen and oxygen atoms in total. The van der Waals surface area contributed by atoms with Gasteiger partial charge in [-0.25, -0.2) is 4.39 Å². The van der Waals surface area contributed by atoms with Crippen molar-refractivity contribution in [1.82, 2.24) is 15.2 Å². The van der Waals surface area contributed by atoms with Crippen molar-refractivity contribution in [3.05, 3.63) is 53.4 Å². The van der Waals surface area contributed by atoms with Gasteiger partial charge >= 0.3 is 6.18 Å². The molecule has 2 fully saturated rings. The number of carbonyl (C=O) groups is 2. The molecule has 0 radical (unpaired) electrons. The van der Waals surface area contributed by atoms with Gasteiger partial charge in [-0.05, 0) is 32.0 Å². The molecule has 2 N–H and O–H groups in total. The molecule has 0 unspecified atom stereocenters. The Kier molecular flexibility index (Phi) is 9.38. The highest BCUT2D eigenvalue weighted by molar-refractivity contribution is 5.97. The molecule has 14 heteroatoms. The van der Waals surface area contributed by atoms with Gasteiger partial charge in [0.2, 0.25) is 5.82 Å². The summed E-state index contributed by atoms with van der Waals surface area (Å²) in [5, 5.41) is 4.86. The topological polar surface area (TPSA) is 102 Å². The predicted molar refractivity (Wildman–Crippen MR) is 141 cm³/mol. The number of halogens is 5. The number of ether oxygens (including phenoxy) is 3. The van der Waals surface area contributed by atoms with Crippen LogP contribution in [0.25, 0.3) is 0 Å². The number of pyridine rings is 1. The first kappa shape index (κ1) is 31.6. The molecular weight excluding hydrogens is 567 g/mol. The Bertz CT molecular complexity index is 1310. The highest BCUT2D eigenvalue weighted by atomic mass is 19.4. The van der Waals surface area contributed by atoms with Crippen LogP contribution >= 0.6 is 0 Å². The Morgan fingerprint density at radius 3 is 2.55 bits per heavy atom. The maximum atomic E-state index is 15.2. The predicted octanol–water partition coefficient (Wildman–Crippen LogP) is 3.90. The van der Waals surface area contributed by atoms with E-state index in [9.17, 15) is 27.2 Å². The third kappa shape index (κ3) is 6.20. The van der Waals surface area contributed by atoms with E-state index in [0.717, 1.165) is 19.1 Å². The number of morpholine rings is 1. The first-order valence-electron chi connectivity index (χ1n) is 13.4. The molecule has 3 heterocycles. The number of nitrogens with zero attached hydrogens (tertiary/aromatic N) is 2. The number of carbonyl (C=O) groups excluding carboxylic acids is 2. The van der Waals surface area contributed by atoms with Gasteiger partial charge in [0.05, 0.1) is 13.2 Å². The summed E-state index contributed by atoms with van der Waals surface area (Å²) in [5.41, 5.74) is -2.91. The van der Waals surface area contributed by atoms with Crippen LogP contribution in [0.3, 0.4) is 0 Å². The molecule has 230 valence electrons. The fraction of sp³-hybridized carbons (Fsp3) is 0.536. The fourth-order valence-corrected chi connectivity index (χ4v) is 5.28. The van der Waals surface area contributed by atoms with Crippen molar-refractivity contribution >= 4 is 17.5 Å². The van der Waals surface area contributed by atoms with Crippen LogP contribution in [-0.4, -0.2) is 85.6 Å². The highest BCUT2D eigenvalue weighted by Gasteiger charge is 2.66. The molecule has 0 spiro atoms. The lowest BCUT2D eigenvalue weighted by molar-refractivity contribution is -0.272. The van der Waals surface area contributed by atoms with Gasteiger partial charge < -0.3 is 24.8 Å². The molecule has 1 aromatic heterocycles. The molecule has 42 heavy (non-hydrogen) atoms. The second kappa shape index (κ2) is 12.5. The smallest absolute Gasteiger partial charge is 0.417 e. The van der Waals surface area contributed by atoms with Crippen LogP contribution in [0, 0.1) is 17.6 Å². The largest absolute Gasteiger partial charge is 0.488 e. The van der Waals surface area contributed by atoms with Crippen LogP contribution in [0.15, 0.2) is 30.5 Å². The van der Waals surface area contributed by atoms with Crippen molar-refractivity contribution in [2.45, 2.75) is 50.6 Å². The first-order chi connectivity index (χ1) is 19.8. The molecule has 1 aromatic carbocycles. The van der Waals surface area contributed by atoms with Crippen LogP contribution in [0.5, 0.6) is 5.75 Å². The summed E-state index contributed by atoms with van der Waals surface area (Å²) in [7, 11) is 1.38. The number of benzene rings is 1. The maximum absolute atomic E-state index is 15.2. The van der Waals surface area contributed by atoms with Gasteiger partial charge in [0.25, 0.3) is 11.8 Å². The summed E-state index contributed by atoms with van der Waals surface area (Å²) < 4.78 is 89.2. The minimum Gasteiger partial charge on any atom is -0.488 e. The summed E-state index contributed by atoms with van der Waals surface area (Å²) in [6.45, 7) is 5.96. The van der Waals surface area contributed by atoms with Gasteiger partial charge in [0.1, 0.15) is 18.4 Å². The third-order valence-corrected chi connectivity index (χ3v) is 7.99. The maximum Gasteiger partial charge on any atom is 0.417 e. The van der Waals surface area contributed by atoms with Crippen LogP contribution in [0.4, 0.5) is 27.6 Å². The van der Waals surface area contributed by atoms with E-state index in [4.69, 9.17) is 14.2 Å². The van der Waals surface area contributed by atoms with Crippen LogP contribution in [-0.2, 0) is 14.3 Å². The second-order valence-electron chi connectivity index (χ2n) is 10.5. The van der Waals surface area contributed by atoms with Crippen molar-refractivity contribution in [2.75, 3.05) is 45.3 Å². The van der Waals surface area contributed by atoms with Gasteiger partial charge in [0.15, 0.2) is 17.2 Å². The fourth-order valence-electron chi connectivity index (χ4n) is 5.28. The number of nitrogens with one attached hydrogen (secondary N) is 2. The van der Waals surface area contributed by atoms with Crippen molar-refractivity contribution in [2.24, 2.45) is 5.92 Å². The minimum atomic E-state index is -4.91. The number of anilines is 1. The van der Waals surface area contributed by atoms with Crippen LogP contribution < -0.4 is 15.4 Å². The molecule has 4 rings (SSSR count). The Labute approximate surface area is 239 Å². The Balaban J connectivity index is 1.70. The van der Waals surface area contributed by atoms with Gasteiger partial charge in [0, 0.05) is 55.5 Å². The summed E-state index contributed by atoms with van der Waals surface area (Å²) in [6.07, 6.45) is -5.45. The Morgan fingerprint density at radius 2 is 1.90 bits per heavy atom. The molecule has 2 amide bonds. The van der Waals surface area contributed by atoms with Crippen molar-refractivity contribution in [3.8, 4) is 5.75 Å². The molecule has 2 saturated heterocycles. The normalized spacial score (nSPS) is 25.6. The van der Waals surface area contributed by atoms with Crippen molar-refractivity contribution in [3.63, 3.8) is 0 Å². The van der Waals surface area contributed by atoms with E-state index in [2.05, 4.69) is 15.6 Å². The van der Waals surface area contributed by atoms with Crippen molar-refractivity contribution in [1.29, 1.82) is 0 Å². The molecule has 5 atom stereocenters. The summed E-state index contributed by atoms with van der Waals surface area (Å²) in [6, 6.07) is 4.25. The van der Waals surface area contributed by atoms with Crippen molar-refractivity contribution < 1.29 is 45.8 Å². The van der Waals surface area contributed by atoms with Gasteiger partial charge in [-0.1, -0.05) is 13.0 Å². The number of aromatic nitrogens is 1. The standard InChI is InChI=1S/C28H33F5N4O5/c1-15(37-9-11-40-12-10-37)14-41-23-18(5-6-19(29)22(23)30)21-16(2)27(3,28(31,32)33)42-24(21)26(39)36-17-7-8-35-20(13-17)25(38)34-4/h5-8,13,15-16,21,24H,9-12,14H2,1-4H3,(H,34,38)(H,35,36,39)/t15-,16+,21+,24-,27-/m1/s1. The third-order valence-electron chi connectivity index (χ3n) is 7.99. The average molecular weight is 601 g/mol. The quantitative estimate of drug-likeness (QED) is 0.444. The van der Waals surface area contributed by atoms with E-state index in [1.54, 1.807) is 0 Å². The number of amides is 2. The number of hydrogen-bond acceptors (Lipinski definition) is 7. The molecule has 2 aromatic rings. The van der Waals surface area contributed by atoms with E-state index in [-0.39, 0.29) is 29.6 Å². The molecule has 0 bridgehead atoms. The molecule has 0 saturated carbocycles. The zero-order chi connectivity index (χ0) is 30.8. The van der Waals surface area contributed by atoms with Crippen LogP contribution in [0.1, 0.15) is 42.7 Å². The second-order valence-corrected chi connectivity index (χ2v) is 10.5. The van der Waals surface area contributed by atoms with Gasteiger partial charge in [-0.2, -0.15) is 17.6 Å². The SMILES string of the molecule is CNC(=O)c1cc(NC(=O)[C@@H]2O[C@@](C)(C(F)(F)F)[C@@H](C)[C@H]2c2ccc(F)c(F)c2OC[C@@H](C)N2CCOCC2)ccn1. The monoisotopic (exact) mass is 600 g/mol. The van der Waals surface area contributed by atoms with Gasteiger partial charge in [-0.3, -0.25) is 19.5 Å². The van der Waals surface area contributed by atoms with E-state index in [1.165, 1.54) is 32.3 Å². The van der Waals surface area contributed by atoms with E-state index in [0.29, 0.717) is 26.3 Å². The van der Waals surface area contributed by atoms with E-state index in [1.807, 2.05) is 11.8 Å². The lowest BCUT2D eigenvalue weighted by atomic mass is 9.77. The number of hydrogen-bond donors (Lipinski definition) is 2. The summed E-state index contributed by atoms with van der Waals surface area (Å²) in [4.78, 5) is 31.4. The zero-order valence-electron chi connectivity index (χ0n) is 23.6. The molecule has 2 aliphatic rings. The minimum absolute atomic E-state index is 0.0432. The molecular formula is C28H33F5N4O5. The summed E-state index contributed by atoms with van der Waals surface area (Å²) >= 11 is 0. The lowest BCUT2D eigenvalue weighted by Crippen LogP contribution is -2.47. The number of alkyl halides is 3. The van der Waals surface area contributed by atoms with E-state index >= 15 is 4.39 Å². The van der Waals surface area contributed by atoms with E-state index < -0.39 is 58.9 Å².